The van der Waals surface area contributed by atoms with Crippen LogP contribution in [0.4, 0.5) is 4.79 Å². The Bertz CT molecular complexity index is 364. The van der Waals surface area contributed by atoms with E-state index in [2.05, 4.69) is 12.2 Å². The van der Waals surface area contributed by atoms with E-state index in [0.717, 1.165) is 25.9 Å². The average molecular weight is 282 g/mol. The van der Waals surface area contributed by atoms with E-state index in [1.165, 1.54) is 12.8 Å². The number of carbonyl (C=O) groups excluding carboxylic acids is 1. The first-order chi connectivity index (χ1) is 9.58. The predicted octanol–water partition coefficient (Wildman–Crippen LogP) is 1.97. The van der Waals surface area contributed by atoms with Gasteiger partial charge in [-0.15, -0.1) is 0 Å². The van der Waals surface area contributed by atoms with Crippen molar-refractivity contribution in [1.82, 2.24) is 10.2 Å². The number of hydrogen-bond acceptors (Lipinski definition) is 3. The van der Waals surface area contributed by atoms with Crippen LogP contribution in [0, 0.1) is 11.8 Å². The largest absolute Gasteiger partial charge is 0.347 e. The maximum atomic E-state index is 12.3. The average Bonchev–Trinajstić information content (AvgIpc) is 3.21. The van der Waals surface area contributed by atoms with Gasteiger partial charge in [0.1, 0.15) is 0 Å². The smallest absolute Gasteiger partial charge is 0.317 e. The number of nitrogens with zero attached hydrogens (tertiary/aromatic N) is 1. The van der Waals surface area contributed by atoms with Gasteiger partial charge in [0.25, 0.3) is 0 Å². The van der Waals surface area contributed by atoms with Gasteiger partial charge in [0.15, 0.2) is 5.79 Å². The Kier molecular flexibility index (Phi) is 3.91. The number of amides is 2. The van der Waals surface area contributed by atoms with Crippen LogP contribution in [0.1, 0.15) is 39.5 Å². The minimum atomic E-state index is -0.499. The minimum absolute atomic E-state index is 0.0793. The third kappa shape index (κ3) is 2.93. The summed E-state index contributed by atoms with van der Waals surface area (Å²) in [5.41, 5.74) is 0. The molecule has 114 valence electrons. The van der Waals surface area contributed by atoms with E-state index < -0.39 is 5.79 Å². The van der Waals surface area contributed by atoms with Gasteiger partial charge >= 0.3 is 6.03 Å². The molecule has 0 aromatic rings. The predicted molar refractivity (Wildman–Crippen MR) is 75.3 cm³/mol. The summed E-state index contributed by atoms with van der Waals surface area (Å²) in [4.78, 5) is 14.3. The normalized spacial score (nSPS) is 31.1. The van der Waals surface area contributed by atoms with E-state index in [4.69, 9.17) is 9.47 Å². The molecule has 2 atom stereocenters. The molecule has 3 rings (SSSR count). The summed E-state index contributed by atoms with van der Waals surface area (Å²) in [6, 6.07) is 0.383. The molecule has 3 fully saturated rings. The van der Waals surface area contributed by atoms with Gasteiger partial charge in [-0.05, 0) is 45.4 Å². The molecule has 2 amide bonds. The number of rotatable bonds is 3. The van der Waals surface area contributed by atoms with Crippen LogP contribution in [0.15, 0.2) is 0 Å². The molecule has 0 unspecified atom stereocenters. The third-order valence-electron chi connectivity index (χ3n) is 4.99. The number of piperidine rings is 1. The fourth-order valence-corrected chi connectivity index (χ4v) is 3.36. The summed E-state index contributed by atoms with van der Waals surface area (Å²) in [7, 11) is 0. The molecular weight excluding hydrogens is 256 g/mol. The number of urea groups is 1. The second kappa shape index (κ2) is 5.53. The summed E-state index contributed by atoms with van der Waals surface area (Å²) in [6.07, 6.45) is 4.60. The van der Waals surface area contributed by atoms with Gasteiger partial charge in [0.05, 0.1) is 13.2 Å². The van der Waals surface area contributed by atoms with Gasteiger partial charge in [-0.3, -0.25) is 0 Å². The highest BCUT2D eigenvalue weighted by atomic mass is 16.7. The molecule has 3 aliphatic rings. The van der Waals surface area contributed by atoms with E-state index in [1.807, 2.05) is 11.8 Å². The Morgan fingerprint density at radius 1 is 1.30 bits per heavy atom. The lowest BCUT2D eigenvalue weighted by Gasteiger charge is -2.40. The second-order valence-corrected chi connectivity index (χ2v) is 6.57. The van der Waals surface area contributed by atoms with Crippen molar-refractivity contribution in [3.05, 3.63) is 0 Å². The standard InChI is InChI=1S/C15H26N2O3/c1-11(12-5-6-12)16-14(18)17-7-3-4-13(10-17)15(2)19-8-9-20-15/h11-13H,3-10H2,1-2H3,(H,16,18)/t11-,13-/m0/s1. The summed E-state index contributed by atoms with van der Waals surface area (Å²) >= 11 is 0. The van der Waals surface area contributed by atoms with Crippen LogP contribution in [0.3, 0.4) is 0 Å². The maximum Gasteiger partial charge on any atom is 0.317 e. The Labute approximate surface area is 121 Å². The van der Waals surface area contributed by atoms with Crippen LogP contribution < -0.4 is 5.32 Å². The number of nitrogens with one attached hydrogen (secondary N) is 1. The monoisotopic (exact) mass is 282 g/mol. The minimum Gasteiger partial charge on any atom is -0.347 e. The zero-order valence-corrected chi connectivity index (χ0v) is 12.6. The summed E-state index contributed by atoms with van der Waals surface area (Å²) in [5.74, 6) is 0.473. The summed E-state index contributed by atoms with van der Waals surface area (Å²) in [5, 5.41) is 3.14. The highest BCUT2D eigenvalue weighted by Crippen LogP contribution is 2.35. The van der Waals surface area contributed by atoms with Crippen LogP contribution >= 0.6 is 0 Å². The Hall–Kier alpha value is -0.810. The number of likely N-dealkylation sites (tertiary alicyclic amines) is 1. The third-order valence-corrected chi connectivity index (χ3v) is 4.99. The van der Waals surface area contributed by atoms with Gasteiger partial charge in [-0.1, -0.05) is 0 Å². The lowest BCUT2D eigenvalue weighted by atomic mass is 9.90. The summed E-state index contributed by atoms with van der Waals surface area (Å²) < 4.78 is 11.5. The van der Waals surface area contributed by atoms with Crippen molar-refractivity contribution in [2.24, 2.45) is 11.8 Å². The lowest BCUT2D eigenvalue weighted by molar-refractivity contribution is -0.189. The Balaban J connectivity index is 1.55. The molecule has 0 aromatic carbocycles. The van der Waals surface area contributed by atoms with Gasteiger partial charge in [-0.2, -0.15) is 0 Å². The first kappa shape index (κ1) is 14.1. The van der Waals surface area contributed by atoms with Gasteiger partial charge in [0.2, 0.25) is 0 Å². The Morgan fingerprint density at radius 3 is 2.65 bits per heavy atom. The first-order valence-corrected chi connectivity index (χ1v) is 7.92. The molecule has 0 aromatic heterocycles. The lowest BCUT2D eigenvalue weighted by Crippen LogP contribution is -2.52. The molecule has 2 heterocycles. The SMILES string of the molecule is C[C@H](NC(=O)N1CCC[C@H](C2(C)OCCO2)C1)C1CC1. The van der Waals surface area contributed by atoms with E-state index in [9.17, 15) is 4.79 Å². The zero-order valence-electron chi connectivity index (χ0n) is 12.6. The second-order valence-electron chi connectivity index (χ2n) is 6.57. The van der Waals surface area contributed by atoms with E-state index >= 15 is 0 Å². The van der Waals surface area contributed by atoms with Crippen molar-refractivity contribution in [3.8, 4) is 0 Å². The van der Waals surface area contributed by atoms with Crippen LogP contribution in [0.5, 0.6) is 0 Å². The summed E-state index contributed by atoms with van der Waals surface area (Å²) in [6.45, 7) is 7.03. The molecule has 1 saturated carbocycles. The zero-order chi connectivity index (χ0) is 14.2. The molecule has 1 N–H and O–H groups in total. The van der Waals surface area contributed by atoms with Crippen molar-refractivity contribution in [2.45, 2.75) is 51.4 Å². The van der Waals surface area contributed by atoms with E-state index in [0.29, 0.717) is 25.2 Å². The molecule has 0 bridgehead atoms. The van der Waals surface area contributed by atoms with Gasteiger partial charge < -0.3 is 19.7 Å². The highest BCUT2D eigenvalue weighted by Gasteiger charge is 2.42. The van der Waals surface area contributed by atoms with Gasteiger partial charge in [0, 0.05) is 25.0 Å². The quantitative estimate of drug-likeness (QED) is 0.861. The van der Waals surface area contributed by atoms with Gasteiger partial charge in [-0.25, -0.2) is 4.79 Å². The molecular formula is C15H26N2O3. The molecule has 0 spiro atoms. The number of carbonyl (C=O) groups is 1. The fraction of sp³-hybridized carbons (Fsp3) is 0.933. The molecule has 5 nitrogen and oxygen atoms in total. The van der Waals surface area contributed by atoms with Crippen LogP contribution in [0.25, 0.3) is 0 Å². The topological polar surface area (TPSA) is 50.8 Å². The van der Waals surface area contributed by atoms with Crippen LogP contribution in [-0.4, -0.2) is 49.1 Å². The number of ether oxygens (including phenoxy) is 2. The molecule has 2 aliphatic heterocycles. The van der Waals surface area contributed by atoms with Crippen molar-refractivity contribution in [2.75, 3.05) is 26.3 Å². The van der Waals surface area contributed by atoms with Crippen molar-refractivity contribution < 1.29 is 14.3 Å². The maximum absolute atomic E-state index is 12.3. The van der Waals surface area contributed by atoms with Crippen LogP contribution in [-0.2, 0) is 9.47 Å². The fourth-order valence-electron chi connectivity index (χ4n) is 3.36. The van der Waals surface area contributed by atoms with Crippen molar-refractivity contribution >= 4 is 6.03 Å². The molecule has 20 heavy (non-hydrogen) atoms. The molecule has 0 radical (unpaired) electrons. The van der Waals surface area contributed by atoms with Crippen molar-refractivity contribution in [3.63, 3.8) is 0 Å². The van der Waals surface area contributed by atoms with Crippen molar-refractivity contribution in [1.29, 1.82) is 0 Å². The highest BCUT2D eigenvalue weighted by molar-refractivity contribution is 5.74. The first-order valence-electron chi connectivity index (χ1n) is 7.92. The number of hydrogen-bond donors (Lipinski definition) is 1. The van der Waals surface area contributed by atoms with E-state index in [1.54, 1.807) is 0 Å². The van der Waals surface area contributed by atoms with Crippen LogP contribution in [0.2, 0.25) is 0 Å². The molecule has 2 saturated heterocycles. The molecule has 1 aliphatic carbocycles. The van der Waals surface area contributed by atoms with E-state index in [-0.39, 0.29) is 11.9 Å². The molecule has 5 heteroatoms. The Morgan fingerprint density at radius 2 is 2.00 bits per heavy atom.